The number of fused-ring (bicyclic) bond motifs is 3. The Bertz CT molecular complexity index is 1090. The number of amides is 1. The molecule has 0 bridgehead atoms. The van der Waals surface area contributed by atoms with Crippen molar-refractivity contribution in [3.8, 4) is 0 Å². The predicted octanol–water partition coefficient (Wildman–Crippen LogP) is 4.55. The van der Waals surface area contributed by atoms with Gasteiger partial charge in [-0.2, -0.15) is 0 Å². The lowest BCUT2D eigenvalue weighted by molar-refractivity contribution is -0.113. The van der Waals surface area contributed by atoms with Gasteiger partial charge in [0, 0.05) is 17.0 Å². The van der Waals surface area contributed by atoms with Crippen molar-refractivity contribution >= 4 is 50.4 Å². The molecular formula is C19H18N4OS2. The maximum absolute atomic E-state index is 12.2. The first kappa shape index (κ1) is 17.1. The van der Waals surface area contributed by atoms with Gasteiger partial charge in [-0.3, -0.25) is 9.20 Å². The number of aromatic nitrogens is 3. The highest BCUT2D eigenvalue weighted by Gasteiger charge is 2.15. The van der Waals surface area contributed by atoms with Crippen LogP contribution in [0.5, 0.6) is 0 Å². The van der Waals surface area contributed by atoms with Gasteiger partial charge in [-0.1, -0.05) is 36.9 Å². The van der Waals surface area contributed by atoms with Crippen LogP contribution in [0.1, 0.15) is 17.6 Å². The number of thioether (sulfide) groups is 1. The molecule has 0 aliphatic carbocycles. The Kier molecular flexibility index (Phi) is 4.65. The third-order valence-corrected chi connectivity index (χ3v) is 6.02. The first-order valence-electron chi connectivity index (χ1n) is 8.40. The Hall–Kier alpha value is -2.38. The van der Waals surface area contributed by atoms with Crippen molar-refractivity contribution in [1.29, 1.82) is 0 Å². The summed E-state index contributed by atoms with van der Waals surface area (Å²) in [6, 6.07) is 13.8. The molecule has 0 aliphatic heterocycles. The lowest BCUT2D eigenvalue weighted by Crippen LogP contribution is -2.14. The van der Waals surface area contributed by atoms with E-state index in [0.29, 0.717) is 5.75 Å². The summed E-state index contributed by atoms with van der Waals surface area (Å²) in [4.78, 5) is 13.5. The molecule has 132 valence electrons. The van der Waals surface area contributed by atoms with E-state index in [1.54, 1.807) is 11.3 Å². The second-order valence-electron chi connectivity index (χ2n) is 5.95. The molecule has 0 aliphatic rings. The van der Waals surface area contributed by atoms with Gasteiger partial charge in [0.05, 0.1) is 21.5 Å². The van der Waals surface area contributed by atoms with Gasteiger partial charge in [0.25, 0.3) is 0 Å². The standard InChI is InChI=1S/C19H18N4OS2/c1-3-17-21-22-19(15-10-16-14(23(15)17)9-12(2)26-16)25-11-18(24)20-13-7-5-4-6-8-13/h4-10H,3,11H2,1-2H3,(H,20,24). The van der Waals surface area contributed by atoms with Crippen LogP contribution in [0.4, 0.5) is 5.69 Å². The lowest BCUT2D eigenvalue weighted by atomic mass is 10.3. The van der Waals surface area contributed by atoms with Crippen LogP contribution in [0, 0.1) is 6.92 Å². The number of para-hydroxylation sites is 1. The number of thiophene rings is 1. The molecule has 0 radical (unpaired) electrons. The van der Waals surface area contributed by atoms with E-state index >= 15 is 0 Å². The van der Waals surface area contributed by atoms with E-state index in [1.807, 2.05) is 30.3 Å². The van der Waals surface area contributed by atoms with E-state index in [4.69, 9.17) is 0 Å². The summed E-state index contributed by atoms with van der Waals surface area (Å²) in [5.74, 6) is 1.18. The quantitative estimate of drug-likeness (QED) is 0.515. The van der Waals surface area contributed by atoms with Gasteiger partial charge in [-0.05, 0) is 31.2 Å². The van der Waals surface area contributed by atoms with Gasteiger partial charge >= 0.3 is 0 Å². The first-order chi connectivity index (χ1) is 12.7. The average molecular weight is 383 g/mol. The van der Waals surface area contributed by atoms with Crippen LogP contribution in [-0.4, -0.2) is 26.3 Å². The second-order valence-corrected chi connectivity index (χ2v) is 8.20. The molecule has 4 aromatic rings. The molecule has 7 heteroatoms. The predicted molar refractivity (Wildman–Crippen MR) is 108 cm³/mol. The fraction of sp³-hybridized carbons (Fsp3) is 0.211. The molecule has 0 atom stereocenters. The highest BCUT2D eigenvalue weighted by Crippen LogP contribution is 2.33. The second kappa shape index (κ2) is 7.09. The Morgan fingerprint density at radius 1 is 1.19 bits per heavy atom. The topological polar surface area (TPSA) is 59.3 Å². The lowest BCUT2D eigenvalue weighted by Gasteiger charge is -2.08. The summed E-state index contributed by atoms with van der Waals surface area (Å²) in [5, 5.41) is 12.4. The number of rotatable bonds is 5. The van der Waals surface area contributed by atoms with Crippen LogP contribution in [0.25, 0.3) is 15.7 Å². The molecule has 1 amide bonds. The minimum atomic E-state index is -0.0510. The molecule has 1 N–H and O–H groups in total. The average Bonchev–Trinajstić information content (AvgIpc) is 3.17. The van der Waals surface area contributed by atoms with Crippen molar-refractivity contribution in [2.45, 2.75) is 25.3 Å². The number of carbonyl (C=O) groups is 1. The minimum Gasteiger partial charge on any atom is -0.325 e. The van der Waals surface area contributed by atoms with Gasteiger partial charge < -0.3 is 5.32 Å². The summed E-state index contributed by atoms with van der Waals surface area (Å²) in [6.45, 7) is 4.19. The molecule has 0 fully saturated rings. The number of aryl methyl sites for hydroxylation is 2. The third kappa shape index (κ3) is 3.20. The fourth-order valence-corrected chi connectivity index (χ4v) is 4.61. The van der Waals surface area contributed by atoms with E-state index in [0.717, 1.165) is 28.5 Å². The van der Waals surface area contributed by atoms with Crippen molar-refractivity contribution in [2.24, 2.45) is 0 Å². The van der Waals surface area contributed by atoms with Crippen molar-refractivity contribution in [3.63, 3.8) is 0 Å². The summed E-state index contributed by atoms with van der Waals surface area (Å²) < 4.78 is 3.39. The zero-order valence-electron chi connectivity index (χ0n) is 14.5. The van der Waals surface area contributed by atoms with E-state index in [1.165, 1.54) is 26.9 Å². The van der Waals surface area contributed by atoms with Crippen LogP contribution in [0.3, 0.4) is 0 Å². The SMILES string of the molecule is CCc1nnc(SCC(=O)Nc2ccccc2)c2cc3sc(C)cc3n12. The van der Waals surface area contributed by atoms with Crippen molar-refractivity contribution in [2.75, 3.05) is 11.1 Å². The maximum atomic E-state index is 12.2. The molecule has 0 spiro atoms. The number of nitrogens with zero attached hydrogens (tertiary/aromatic N) is 3. The van der Waals surface area contributed by atoms with E-state index in [2.05, 4.69) is 45.9 Å². The molecule has 3 aromatic heterocycles. The van der Waals surface area contributed by atoms with Crippen LogP contribution in [-0.2, 0) is 11.2 Å². The van der Waals surface area contributed by atoms with Crippen molar-refractivity contribution in [1.82, 2.24) is 14.6 Å². The number of hydrogen-bond acceptors (Lipinski definition) is 5. The zero-order valence-corrected chi connectivity index (χ0v) is 16.2. The number of benzene rings is 1. The summed E-state index contributed by atoms with van der Waals surface area (Å²) in [6.07, 6.45) is 0.807. The molecule has 0 unspecified atom stereocenters. The van der Waals surface area contributed by atoms with Crippen LogP contribution >= 0.6 is 23.1 Å². The Morgan fingerprint density at radius 3 is 2.77 bits per heavy atom. The van der Waals surface area contributed by atoms with Crippen molar-refractivity contribution in [3.05, 3.63) is 53.2 Å². The first-order valence-corrected chi connectivity index (χ1v) is 10.2. The van der Waals surface area contributed by atoms with E-state index < -0.39 is 0 Å². The smallest absolute Gasteiger partial charge is 0.234 e. The van der Waals surface area contributed by atoms with Gasteiger partial charge in [0.15, 0.2) is 0 Å². The molecule has 0 saturated carbocycles. The van der Waals surface area contributed by atoms with Gasteiger partial charge in [-0.25, -0.2) is 0 Å². The van der Waals surface area contributed by atoms with Gasteiger partial charge in [0.2, 0.25) is 5.91 Å². The van der Waals surface area contributed by atoms with Crippen molar-refractivity contribution < 1.29 is 4.79 Å². The highest BCUT2D eigenvalue weighted by atomic mass is 32.2. The number of anilines is 1. The largest absolute Gasteiger partial charge is 0.325 e. The third-order valence-electron chi connectivity index (χ3n) is 4.06. The molecule has 3 heterocycles. The normalized spacial score (nSPS) is 11.3. The number of carbonyl (C=O) groups excluding carboxylic acids is 1. The Morgan fingerprint density at radius 2 is 2.00 bits per heavy atom. The Labute approximate surface area is 159 Å². The summed E-state index contributed by atoms with van der Waals surface area (Å²) in [7, 11) is 0. The van der Waals surface area contributed by atoms with Gasteiger partial charge in [0.1, 0.15) is 10.9 Å². The van der Waals surface area contributed by atoms with E-state index in [-0.39, 0.29) is 5.91 Å². The molecule has 0 saturated heterocycles. The van der Waals surface area contributed by atoms with E-state index in [9.17, 15) is 4.79 Å². The van der Waals surface area contributed by atoms with Gasteiger partial charge in [-0.15, -0.1) is 21.5 Å². The highest BCUT2D eigenvalue weighted by molar-refractivity contribution is 8.00. The molecule has 4 rings (SSSR count). The fourth-order valence-electron chi connectivity index (χ4n) is 2.93. The monoisotopic (exact) mass is 382 g/mol. The zero-order chi connectivity index (χ0) is 18.1. The molecular weight excluding hydrogens is 364 g/mol. The molecule has 5 nitrogen and oxygen atoms in total. The number of hydrogen-bond donors (Lipinski definition) is 1. The minimum absolute atomic E-state index is 0.0510. The molecule has 1 aromatic carbocycles. The van der Waals surface area contributed by atoms with Crippen LogP contribution in [0.2, 0.25) is 0 Å². The maximum Gasteiger partial charge on any atom is 0.234 e. The Balaban J connectivity index is 1.60. The van der Waals surface area contributed by atoms with Crippen LogP contribution in [0.15, 0.2) is 47.5 Å². The van der Waals surface area contributed by atoms with Crippen LogP contribution < -0.4 is 5.32 Å². The number of nitrogens with one attached hydrogen (secondary N) is 1. The summed E-state index contributed by atoms with van der Waals surface area (Å²) in [5.41, 5.74) is 3.00. The summed E-state index contributed by atoms with van der Waals surface area (Å²) >= 11 is 3.18. The molecule has 26 heavy (non-hydrogen) atoms.